The number of ether oxygens (including phenoxy) is 1. The maximum Gasteiger partial charge on any atom is 0.271 e. The molecule has 0 aliphatic carbocycles. The monoisotopic (exact) mass is 527 g/mol. The van der Waals surface area contributed by atoms with Crippen molar-refractivity contribution in [1.29, 1.82) is 10.5 Å². The van der Waals surface area contributed by atoms with E-state index >= 15 is 0 Å². The molecule has 2 aliphatic heterocycles. The van der Waals surface area contributed by atoms with Crippen molar-refractivity contribution in [3.8, 4) is 39.6 Å². The van der Waals surface area contributed by atoms with E-state index in [4.69, 9.17) is 4.74 Å². The van der Waals surface area contributed by atoms with Gasteiger partial charge in [0.2, 0.25) is 0 Å². The van der Waals surface area contributed by atoms with Crippen LogP contribution in [0.4, 0.5) is 0 Å². The topological polar surface area (TPSA) is 111 Å². The Hall–Kier alpha value is -4.08. The van der Waals surface area contributed by atoms with Gasteiger partial charge in [-0.25, -0.2) is 0 Å². The van der Waals surface area contributed by atoms with Gasteiger partial charge in [0.15, 0.2) is 0 Å². The third-order valence-electron chi connectivity index (χ3n) is 7.47. The van der Waals surface area contributed by atoms with E-state index in [0.717, 1.165) is 33.7 Å². The number of nitriles is 2. The van der Waals surface area contributed by atoms with Gasteiger partial charge in [-0.2, -0.15) is 10.5 Å². The van der Waals surface area contributed by atoms with E-state index in [1.165, 1.54) is 7.11 Å². The van der Waals surface area contributed by atoms with Crippen LogP contribution in [0.25, 0.3) is 21.7 Å². The molecule has 0 spiro atoms. The highest BCUT2D eigenvalue weighted by Crippen LogP contribution is 2.44. The number of benzene rings is 1. The number of hydrogen-bond acceptors (Lipinski definition) is 6. The van der Waals surface area contributed by atoms with Gasteiger partial charge in [-0.15, -0.1) is 11.3 Å². The number of thiophene rings is 1. The summed E-state index contributed by atoms with van der Waals surface area (Å²) in [5.74, 6) is -0.122. The smallest absolute Gasteiger partial charge is 0.271 e. The lowest BCUT2D eigenvalue weighted by atomic mass is 9.92. The summed E-state index contributed by atoms with van der Waals surface area (Å²) in [6.45, 7) is 6.24. The molecule has 1 fully saturated rings. The second-order valence-corrected chi connectivity index (χ2v) is 11.5. The van der Waals surface area contributed by atoms with E-state index in [-0.39, 0.29) is 5.91 Å². The average Bonchev–Trinajstić information content (AvgIpc) is 3.66. The maximum absolute atomic E-state index is 13.9. The number of likely N-dealkylation sites (tertiary alicyclic amines) is 1. The van der Waals surface area contributed by atoms with Crippen LogP contribution in [0.5, 0.6) is 5.75 Å². The molecule has 1 atom stereocenters. The lowest BCUT2D eigenvalue weighted by Gasteiger charge is -2.30. The summed E-state index contributed by atoms with van der Waals surface area (Å²) < 4.78 is 7.61. The van der Waals surface area contributed by atoms with Crippen molar-refractivity contribution in [2.24, 2.45) is 0 Å². The van der Waals surface area contributed by atoms with Crippen LogP contribution in [0.3, 0.4) is 0 Å². The van der Waals surface area contributed by atoms with Gasteiger partial charge >= 0.3 is 0 Å². The normalized spacial score (nSPS) is 18.2. The Bertz CT molecular complexity index is 1520. The van der Waals surface area contributed by atoms with Crippen molar-refractivity contribution in [3.05, 3.63) is 52.5 Å². The van der Waals surface area contributed by atoms with Gasteiger partial charge in [-0.05, 0) is 75.2 Å². The molecule has 9 heteroatoms. The van der Waals surface area contributed by atoms with Crippen molar-refractivity contribution in [2.75, 3.05) is 13.7 Å². The molecule has 3 aromatic rings. The molecule has 4 heterocycles. The molecule has 8 nitrogen and oxygen atoms in total. The van der Waals surface area contributed by atoms with E-state index in [0.29, 0.717) is 42.9 Å². The summed E-state index contributed by atoms with van der Waals surface area (Å²) >= 11 is 1.58. The number of carbonyl (C=O) groups excluding carboxylic acids is 2. The first-order chi connectivity index (χ1) is 18.1. The van der Waals surface area contributed by atoms with Crippen LogP contribution < -0.4 is 10.1 Å². The zero-order valence-electron chi connectivity index (χ0n) is 21.9. The van der Waals surface area contributed by atoms with E-state index in [2.05, 4.69) is 17.5 Å². The van der Waals surface area contributed by atoms with Gasteiger partial charge in [0, 0.05) is 29.1 Å². The van der Waals surface area contributed by atoms with Crippen molar-refractivity contribution in [1.82, 2.24) is 14.8 Å². The number of aromatic nitrogens is 1. The fourth-order valence-corrected chi connectivity index (χ4v) is 6.16. The molecule has 1 N–H and O–H groups in total. The summed E-state index contributed by atoms with van der Waals surface area (Å²) in [5.41, 5.74) is 2.64. The molecule has 0 bridgehead atoms. The number of amides is 2. The van der Waals surface area contributed by atoms with E-state index in [1.54, 1.807) is 30.1 Å². The quantitative estimate of drug-likeness (QED) is 0.502. The minimum Gasteiger partial charge on any atom is -0.496 e. The number of hydrogen-bond donors (Lipinski definition) is 1. The zero-order chi connectivity index (χ0) is 27.2. The minimum atomic E-state index is -1.05. The third-order valence-corrected chi connectivity index (χ3v) is 8.37. The first-order valence-corrected chi connectivity index (χ1v) is 13.5. The first-order valence-electron chi connectivity index (χ1n) is 12.6. The summed E-state index contributed by atoms with van der Waals surface area (Å²) in [7, 11) is 1.52. The SMILES string of the molecule is COc1cc2c(cc1C(=O)NC(C)(C)C#N)-c1c(-c3cccs3)cc(C(=O)N3CCC[C@]3(C)C#N)n1CC2. The molecule has 2 aromatic heterocycles. The highest BCUT2D eigenvalue weighted by atomic mass is 32.1. The van der Waals surface area contributed by atoms with Crippen molar-refractivity contribution in [3.63, 3.8) is 0 Å². The van der Waals surface area contributed by atoms with Gasteiger partial charge in [0.1, 0.15) is 22.5 Å². The highest BCUT2D eigenvalue weighted by Gasteiger charge is 2.42. The van der Waals surface area contributed by atoms with Crippen LogP contribution in [-0.2, 0) is 13.0 Å². The number of aryl methyl sites for hydroxylation is 1. The van der Waals surface area contributed by atoms with Gasteiger partial charge in [0.05, 0.1) is 30.5 Å². The molecule has 2 amide bonds. The molecule has 0 saturated carbocycles. The number of methoxy groups -OCH3 is 1. The largest absolute Gasteiger partial charge is 0.496 e. The van der Waals surface area contributed by atoms with Crippen molar-refractivity contribution >= 4 is 23.2 Å². The fraction of sp³-hybridized carbons (Fsp3) is 0.379. The molecule has 38 heavy (non-hydrogen) atoms. The molecule has 0 radical (unpaired) electrons. The Labute approximate surface area is 226 Å². The van der Waals surface area contributed by atoms with Gasteiger partial charge in [0.25, 0.3) is 11.8 Å². The molecule has 0 unspecified atom stereocenters. The Kier molecular flexibility index (Phi) is 6.28. The van der Waals surface area contributed by atoms with Crippen LogP contribution >= 0.6 is 11.3 Å². The van der Waals surface area contributed by atoms with Gasteiger partial charge in [-0.1, -0.05) is 6.07 Å². The fourth-order valence-electron chi connectivity index (χ4n) is 5.42. The second kappa shape index (κ2) is 9.34. The molecular weight excluding hydrogens is 498 g/mol. The van der Waals surface area contributed by atoms with Crippen LogP contribution in [0.2, 0.25) is 0 Å². The molecule has 1 aromatic carbocycles. The molecule has 194 valence electrons. The van der Waals surface area contributed by atoms with Gasteiger partial charge < -0.3 is 19.5 Å². The van der Waals surface area contributed by atoms with E-state index in [1.807, 2.05) is 47.2 Å². The Morgan fingerprint density at radius 2 is 1.97 bits per heavy atom. The zero-order valence-corrected chi connectivity index (χ0v) is 22.7. The summed E-state index contributed by atoms with van der Waals surface area (Å²) in [6.07, 6.45) is 2.10. The van der Waals surface area contributed by atoms with Crippen LogP contribution in [-0.4, -0.2) is 46.0 Å². The summed E-state index contributed by atoms with van der Waals surface area (Å²) in [4.78, 5) is 29.9. The lowest BCUT2D eigenvalue weighted by molar-refractivity contribution is 0.0681. The molecule has 2 aliphatic rings. The third kappa shape index (κ3) is 4.13. The number of carbonyl (C=O) groups is 2. The number of rotatable bonds is 5. The Balaban J connectivity index is 1.68. The Morgan fingerprint density at radius 3 is 2.63 bits per heavy atom. The molecule has 5 rings (SSSR count). The van der Waals surface area contributed by atoms with Crippen molar-refractivity contribution in [2.45, 2.75) is 57.7 Å². The predicted molar refractivity (Wildman–Crippen MR) is 145 cm³/mol. The van der Waals surface area contributed by atoms with Crippen LogP contribution in [0, 0.1) is 22.7 Å². The summed E-state index contributed by atoms with van der Waals surface area (Å²) in [6, 6.07) is 14.1. The minimum absolute atomic E-state index is 0.152. The van der Waals surface area contributed by atoms with Gasteiger partial charge in [-0.3, -0.25) is 9.59 Å². The highest BCUT2D eigenvalue weighted by molar-refractivity contribution is 7.13. The standard InChI is InChI=1S/C29H29N5O3S/c1-28(2,16-30)32-26(35)20-14-19-18(13-23(20)37-4)8-11-33-22(15-21(25(19)33)24-7-5-12-38-24)27(36)34-10-6-9-29(34,3)17-31/h5,7,12-15H,6,8-11H2,1-4H3,(H,32,35)/t29-/m1/s1. The van der Waals surface area contributed by atoms with E-state index < -0.39 is 17.0 Å². The maximum atomic E-state index is 13.9. The number of fused-ring (bicyclic) bond motifs is 3. The lowest BCUT2D eigenvalue weighted by Crippen LogP contribution is -2.44. The van der Waals surface area contributed by atoms with Crippen molar-refractivity contribution < 1.29 is 14.3 Å². The second-order valence-electron chi connectivity index (χ2n) is 10.5. The van der Waals surface area contributed by atoms with Crippen LogP contribution in [0.1, 0.15) is 60.0 Å². The van der Waals surface area contributed by atoms with Crippen LogP contribution in [0.15, 0.2) is 35.7 Å². The predicted octanol–water partition coefficient (Wildman–Crippen LogP) is 5.00. The summed E-state index contributed by atoms with van der Waals surface area (Å²) in [5, 5.41) is 24.0. The Morgan fingerprint density at radius 1 is 1.18 bits per heavy atom. The number of nitrogens with one attached hydrogen (secondary N) is 1. The van der Waals surface area contributed by atoms with E-state index in [9.17, 15) is 20.1 Å². The average molecular weight is 528 g/mol. The first kappa shape index (κ1) is 25.6. The molecular formula is C29H29N5O3S. The molecule has 1 saturated heterocycles. The number of nitrogens with zero attached hydrogens (tertiary/aromatic N) is 4.